The highest BCUT2D eigenvalue weighted by Gasteiger charge is 2.35. The van der Waals surface area contributed by atoms with Crippen LogP contribution in [0, 0.1) is 29.1 Å². The predicted molar refractivity (Wildman–Crippen MR) is 104 cm³/mol. The molecule has 4 nitrogen and oxygen atoms in total. The summed E-state index contributed by atoms with van der Waals surface area (Å²) < 4.78 is 0. The number of hydrogen-bond acceptors (Lipinski definition) is 4. The SMILES string of the molecule is C=C(N)/C=C(\C)N(C(C)CCC)C(C)C(C#N)CC(CCO)C1CC1. The Morgan fingerprint density at radius 3 is 2.48 bits per heavy atom. The van der Waals surface area contributed by atoms with Crippen molar-refractivity contribution in [3.63, 3.8) is 0 Å². The Bertz CT molecular complexity index is 490. The van der Waals surface area contributed by atoms with Gasteiger partial charge in [-0.25, -0.2) is 0 Å². The molecule has 1 aliphatic rings. The maximum absolute atomic E-state index is 9.84. The lowest BCUT2D eigenvalue weighted by atomic mass is 9.84. The minimum absolute atomic E-state index is 0.0501. The van der Waals surface area contributed by atoms with Gasteiger partial charge in [-0.3, -0.25) is 0 Å². The average molecular weight is 348 g/mol. The van der Waals surface area contributed by atoms with Crippen LogP contribution in [0.2, 0.25) is 0 Å². The predicted octanol–water partition coefficient (Wildman–Crippen LogP) is 4.18. The number of nitrogens with two attached hydrogens (primary N) is 1. The molecule has 0 aromatic rings. The Balaban J connectivity index is 2.96. The summed E-state index contributed by atoms with van der Waals surface area (Å²) in [5.41, 5.74) is 7.41. The summed E-state index contributed by atoms with van der Waals surface area (Å²) in [4.78, 5) is 2.35. The third-order valence-electron chi connectivity index (χ3n) is 5.52. The van der Waals surface area contributed by atoms with Crippen LogP contribution in [0.15, 0.2) is 24.0 Å². The van der Waals surface area contributed by atoms with E-state index in [-0.39, 0.29) is 18.6 Å². The molecule has 142 valence electrons. The normalized spacial score (nSPS) is 19.6. The number of aliphatic hydroxyl groups excluding tert-OH is 1. The third-order valence-corrected chi connectivity index (χ3v) is 5.52. The first-order valence-corrected chi connectivity index (χ1v) is 9.77. The zero-order chi connectivity index (χ0) is 19.0. The van der Waals surface area contributed by atoms with Crippen LogP contribution in [-0.4, -0.2) is 28.7 Å². The first-order valence-electron chi connectivity index (χ1n) is 9.77. The van der Waals surface area contributed by atoms with Gasteiger partial charge in [-0.1, -0.05) is 19.9 Å². The van der Waals surface area contributed by atoms with Gasteiger partial charge in [0.25, 0.3) is 0 Å². The average Bonchev–Trinajstić information content (AvgIpc) is 3.35. The minimum atomic E-state index is -0.0501. The lowest BCUT2D eigenvalue weighted by molar-refractivity contribution is 0.144. The van der Waals surface area contributed by atoms with Crippen molar-refractivity contribution < 1.29 is 5.11 Å². The molecule has 25 heavy (non-hydrogen) atoms. The van der Waals surface area contributed by atoms with Crippen LogP contribution in [-0.2, 0) is 0 Å². The fraction of sp³-hybridized carbons (Fsp3) is 0.762. The van der Waals surface area contributed by atoms with E-state index in [2.05, 4.69) is 45.2 Å². The number of aliphatic hydroxyl groups is 1. The van der Waals surface area contributed by atoms with Gasteiger partial charge in [0.05, 0.1) is 12.0 Å². The van der Waals surface area contributed by atoms with Gasteiger partial charge in [-0.15, -0.1) is 0 Å². The maximum atomic E-state index is 9.84. The fourth-order valence-electron chi connectivity index (χ4n) is 4.13. The van der Waals surface area contributed by atoms with Crippen LogP contribution >= 0.6 is 0 Å². The Morgan fingerprint density at radius 1 is 1.40 bits per heavy atom. The molecule has 0 bridgehead atoms. The van der Waals surface area contributed by atoms with Crippen LogP contribution < -0.4 is 5.73 Å². The molecule has 0 saturated heterocycles. The highest BCUT2D eigenvalue weighted by atomic mass is 16.3. The summed E-state index contributed by atoms with van der Waals surface area (Å²) >= 11 is 0. The largest absolute Gasteiger partial charge is 0.399 e. The van der Waals surface area contributed by atoms with Gasteiger partial charge in [0, 0.05) is 30.1 Å². The Hall–Kier alpha value is -1.47. The van der Waals surface area contributed by atoms with Gasteiger partial charge in [0.1, 0.15) is 0 Å². The van der Waals surface area contributed by atoms with Crippen molar-refractivity contribution in [1.29, 1.82) is 5.26 Å². The van der Waals surface area contributed by atoms with Gasteiger partial charge in [0.2, 0.25) is 0 Å². The lowest BCUT2D eigenvalue weighted by Crippen LogP contribution is -2.43. The number of hydrogen-bond donors (Lipinski definition) is 2. The molecule has 0 radical (unpaired) electrons. The van der Waals surface area contributed by atoms with Crippen molar-refractivity contribution in [2.45, 2.75) is 78.3 Å². The van der Waals surface area contributed by atoms with E-state index < -0.39 is 0 Å². The second kappa shape index (κ2) is 10.5. The molecular weight excluding hydrogens is 310 g/mol. The fourth-order valence-corrected chi connectivity index (χ4v) is 4.13. The molecular formula is C21H37N3O. The summed E-state index contributed by atoms with van der Waals surface area (Å²) in [5.74, 6) is 1.12. The smallest absolute Gasteiger partial charge is 0.0677 e. The van der Waals surface area contributed by atoms with E-state index in [0.29, 0.717) is 23.6 Å². The lowest BCUT2D eigenvalue weighted by Gasteiger charge is -2.40. The van der Waals surface area contributed by atoms with E-state index in [0.717, 1.165) is 31.4 Å². The van der Waals surface area contributed by atoms with Crippen molar-refractivity contribution in [3.05, 3.63) is 24.0 Å². The van der Waals surface area contributed by atoms with E-state index in [9.17, 15) is 10.4 Å². The van der Waals surface area contributed by atoms with Gasteiger partial charge >= 0.3 is 0 Å². The van der Waals surface area contributed by atoms with Gasteiger partial charge in [0.15, 0.2) is 0 Å². The minimum Gasteiger partial charge on any atom is -0.399 e. The molecule has 1 aliphatic carbocycles. The summed E-state index contributed by atoms with van der Waals surface area (Å²) in [6, 6.07) is 3.02. The van der Waals surface area contributed by atoms with E-state index in [4.69, 9.17) is 5.73 Å². The Labute approximate surface area is 154 Å². The molecule has 3 N–H and O–H groups in total. The number of nitrogens with zero attached hydrogens (tertiary/aromatic N) is 2. The van der Waals surface area contributed by atoms with Crippen LogP contribution in [0.25, 0.3) is 0 Å². The molecule has 4 unspecified atom stereocenters. The van der Waals surface area contributed by atoms with Crippen LogP contribution in [0.1, 0.15) is 66.2 Å². The summed E-state index contributed by atoms with van der Waals surface area (Å²) in [6.07, 6.45) is 8.27. The molecule has 0 aromatic carbocycles. The zero-order valence-electron chi connectivity index (χ0n) is 16.5. The van der Waals surface area contributed by atoms with Crippen LogP contribution in [0.4, 0.5) is 0 Å². The van der Waals surface area contributed by atoms with Crippen LogP contribution in [0.5, 0.6) is 0 Å². The molecule has 0 amide bonds. The molecule has 4 atom stereocenters. The highest BCUT2D eigenvalue weighted by Crippen LogP contribution is 2.42. The molecule has 0 spiro atoms. The molecule has 4 heteroatoms. The zero-order valence-corrected chi connectivity index (χ0v) is 16.5. The second-order valence-electron chi connectivity index (χ2n) is 7.73. The first kappa shape index (κ1) is 21.6. The Morgan fingerprint density at radius 2 is 2.04 bits per heavy atom. The number of allylic oxidation sites excluding steroid dienone is 2. The van der Waals surface area contributed by atoms with E-state index >= 15 is 0 Å². The molecule has 1 saturated carbocycles. The van der Waals surface area contributed by atoms with E-state index in [1.54, 1.807) is 0 Å². The molecule has 1 fully saturated rings. The summed E-state index contributed by atoms with van der Waals surface area (Å²) in [6.45, 7) is 12.6. The topological polar surface area (TPSA) is 73.3 Å². The van der Waals surface area contributed by atoms with Crippen LogP contribution in [0.3, 0.4) is 0 Å². The van der Waals surface area contributed by atoms with Crippen molar-refractivity contribution in [3.8, 4) is 6.07 Å². The monoisotopic (exact) mass is 347 g/mol. The van der Waals surface area contributed by atoms with Crippen molar-refractivity contribution in [2.75, 3.05) is 6.61 Å². The third kappa shape index (κ3) is 6.74. The van der Waals surface area contributed by atoms with Crippen molar-refractivity contribution in [2.24, 2.45) is 23.5 Å². The number of nitriles is 1. The molecule has 0 aromatic heterocycles. The Kier molecular flexibility index (Phi) is 9.06. The second-order valence-corrected chi connectivity index (χ2v) is 7.73. The quantitative estimate of drug-likeness (QED) is 0.519. The molecule has 1 rings (SSSR count). The van der Waals surface area contributed by atoms with Crippen molar-refractivity contribution in [1.82, 2.24) is 4.90 Å². The summed E-state index contributed by atoms with van der Waals surface area (Å²) in [5, 5.41) is 19.2. The summed E-state index contributed by atoms with van der Waals surface area (Å²) in [7, 11) is 0. The van der Waals surface area contributed by atoms with Gasteiger partial charge in [-0.2, -0.15) is 5.26 Å². The van der Waals surface area contributed by atoms with E-state index in [1.807, 2.05) is 6.08 Å². The highest BCUT2D eigenvalue weighted by molar-refractivity contribution is 5.17. The first-order chi connectivity index (χ1) is 11.8. The molecule has 0 heterocycles. The standard InChI is InChI=1S/C21H37N3O/c1-6-7-16(3)24(17(4)12-15(2)23)18(5)21(14-22)13-20(10-11-25)19-8-9-19/h12,16,18-21,25H,2,6-11,13,23H2,1,3-5H3/b17-12+. The maximum Gasteiger partial charge on any atom is 0.0677 e. The van der Waals surface area contributed by atoms with Gasteiger partial charge in [-0.05, 0) is 70.8 Å². The number of rotatable bonds is 12. The molecule has 0 aliphatic heterocycles. The van der Waals surface area contributed by atoms with Crippen molar-refractivity contribution >= 4 is 0 Å². The van der Waals surface area contributed by atoms with E-state index in [1.165, 1.54) is 12.8 Å². The van der Waals surface area contributed by atoms with Gasteiger partial charge < -0.3 is 15.7 Å².